The van der Waals surface area contributed by atoms with Gasteiger partial charge in [-0.3, -0.25) is 0 Å². The first kappa shape index (κ1) is 13.3. The molecule has 1 aliphatic carbocycles. The van der Waals surface area contributed by atoms with Crippen molar-refractivity contribution in [2.24, 2.45) is 11.8 Å². The molecule has 0 saturated heterocycles. The Morgan fingerprint density at radius 1 is 1.12 bits per heavy atom. The van der Waals surface area contributed by atoms with Crippen LogP contribution in [0.4, 0.5) is 13.2 Å². The van der Waals surface area contributed by atoms with Crippen molar-refractivity contribution in [2.45, 2.75) is 44.4 Å². The molecule has 0 aromatic heterocycles. The van der Waals surface area contributed by atoms with Crippen LogP contribution in [0.3, 0.4) is 0 Å². The van der Waals surface area contributed by atoms with Crippen LogP contribution in [-0.2, 0) is 4.79 Å². The molecule has 1 unspecified atom stereocenters. The summed E-state index contributed by atoms with van der Waals surface area (Å²) >= 11 is 0. The fraction of sp³-hybridized carbons (Fsp3) is 0.900. The van der Waals surface area contributed by atoms with Gasteiger partial charge in [0, 0.05) is 0 Å². The minimum absolute atomic E-state index is 0.0996. The van der Waals surface area contributed by atoms with E-state index in [4.69, 9.17) is 5.11 Å². The van der Waals surface area contributed by atoms with E-state index in [1.807, 2.05) is 0 Å². The monoisotopic (exact) mass is 240 g/mol. The summed E-state index contributed by atoms with van der Waals surface area (Å²) in [6.45, 7) is 1.15. The summed E-state index contributed by atoms with van der Waals surface area (Å²) < 4.78 is 37.0. The maximum Gasteiger partial charge on any atom is 0.391 e. The molecular formula is C10H15F3O3. The average molecular weight is 240 g/mol. The Hall–Kier alpha value is -0.780. The predicted molar refractivity (Wildman–Crippen MR) is 49.8 cm³/mol. The molecule has 1 aliphatic rings. The maximum absolute atomic E-state index is 12.3. The van der Waals surface area contributed by atoms with E-state index in [-0.39, 0.29) is 25.7 Å². The number of halogens is 3. The highest BCUT2D eigenvalue weighted by molar-refractivity contribution is 5.76. The molecule has 6 heteroatoms. The summed E-state index contributed by atoms with van der Waals surface area (Å²) in [5.74, 6) is -3.32. The van der Waals surface area contributed by atoms with Gasteiger partial charge in [0.05, 0.1) is 5.92 Å². The van der Waals surface area contributed by atoms with Crippen LogP contribution in [0.15, 0.2) is 0 Å². The summed E-state index contributed by atoms with van der Waals surface area (Å²) in [6, 6.07) is 0. The Bertz CT molecular complexity index is 265. The van der Waals surface area contributed by atoms with Crippen LogP contribution in [0.2, 0.25) is 0 Å². The highest BCUT2D eigenvalue weighted by atomic mass is 19.4. The van der Waals surface area contributed by atoms with E-state index in [0.717, 1.165) is 6.92 Å². The van der Waals surface area contributed by atoms with Gasteiger partial charge in [-0.1, -0.05) is 0 Å². The molecule has 94 valence electrons. The predicted octanol–water partition coefficient (Wildman–Crippen LogP) is 2.19. The zero-order valence-corrected chi connectivity index (χ0v) is 8.92. The number of carboxylic acids is 1. The molecule has 0 aromatic carbocycles. The number of rotatable bonds is 2. The first-order valence-corrected chi connectivity index (χ1v) is 5.18. The molecule has 3 nitrogen and oxygen atoms in total. The van der Waals surface area contributed by atoms with Crippen molar-refractivity contribution in [1.82, 2.24) is 0 Å². The zero-order valence-electron chi connectivity index (χ0n) is 8.92. The molecule has 1 atom stereocenters. The van der Waals surface area contributed by atoms with Crippen LogP contribution in [0.1, 0.15) is 32.6 Å². The second-order valence-electron chi connectivity index (χ2n) is 4.54. The van der Waals surface area contributed by atoms with E-state index in [0.29, 0.717) is 0 Å². The van der Waals surface area contributed by atoms with Gasteiger partial charge in [0.2, 0.25) is 0 Å². The quantitative estimate of drug-likeness (QED) is 0.777. The van der Waals surface area contributed by atoms with Crippen LogP contribution >= 0.6 is 0 Å². The van der Waals surface area contributed by atoms with E-state index < -0.39 is 29.6 Å². The lowest BCUT2D eigenvalue weighted by Crippen LogP contribution is -2.45. The number of aliphatic carboxylic acids is 1. The summed E-state index contributed by atoms with van der Waals surface area (Å²) in [5, 5.41) is 18.4. The third-order valence-electron chi connectivity index (χ3n) is 3.42. The summed E-state index contributed by atoms with van der Waals surface area (Å²) in [7, 11) is 0. The third-order valence-corrected chi connectivity index (χ3v) is 3.42. The van der Waals surface area contributed by atoms with Gasteiger partial charge < -0.3 is 10.2 Å². The number of alkyl halides is 3. The van der Waals surface area contributed by atoms with E-state index in [9.17, 15) is 23.1 Å². The van der Waals surface area contributed by atoms with Gasteiger partial charge in [-0.25, -0.2) is 4.79 Å². The lowest BCUT2D eigenvalue weighted by atomic mass is 9.74. The van der Waals surface area contributed by atoms with Crippen molar-refractivity contribution in [3.63, 3.8) is 0 Å². The second kappa shape index (κ2) is 4.24. The molecule has 1 rings (SSSR count). The summed E-state index contributed by atoms with van der Waals surface area (Å²) in [4.78, 5) is 10.7. The largest absolute Gasteiger partial charge is 0.479 e. The zero-order chi connectivity index (χ0) is 12.6. The molecule has 0 radical (unpaired) electrons. The second-order valence-corrected chi connectivity index (χ2v) is 4.54. The van der Waals surface area contributed by atoms with Crippen LogP contribution < -0.4 is 0 Å². The van der Waals surface area contributed by atoms with Gasteiger partial charge in [-0.05, 0) is 38.5 Å². The minimum Gasteiger partial charge on any atom is -0.479 e. The van der Waals surface area contributed by atoms with Gasteiger partial charge in [0.1, 0.15) is 0 Å². The van der Waals surface area contributed by atoms with Crippen molar-refractivity contribution in [2.75, 3.05) is 0 Å². The van der Waals surface area contributed by atoms with Crippen molar-refractivity contribution in [3.05, 3.63) is 0 Å². The van der Waals surface area contributed by atoms with Gasteiger partial charge in [0.25, 0.3) is 0 Å². The van der Waals surface area contributed by atoms with Crippen molar-refractivity contribution >= 4 is 5.97 Å². The van der Waals surface area contributed by atoms with Gasteiger partial charge in [0.15, 0.2) is 5.60 Å². The standard InChI is InChI=1S/C10H15F3O3/c1-9(16,8(14)15)6-2-4-7(5-3-6)10(11,12)13/h6-7,16H,2-5H2,1H3,(H,14,15). The molecule has 2 N–H and O–H groups in total. The van der Waals surface area contributed by atoms with Crippen LogP contribution in [0.25, 0.3) is 0 Å². The number of aliphatic hydroxyl groups is 1. The van der Waals surface area contributed by atoms with Crippen molar-refractivity contribution < 1.29 is 28.2 Å². The highest BCUT2D eigenvalue weighted by Crippen LogP contribution is 2.42. The van der Waals surface area contributed by atoms with Gasteiger partial charge >= 0.3 is 12.1 Å². The smallest absolute Gasteiger partial charge is 0.391 e. The Morgan fingerprint density at radius 2 is 1.50 bits per heavy atom. The number of carboxylic acid groups (broad SMARTS) is 1. The lowest BCUT2D eigenvalue weighted by molar-refractivity contribution is -0.191. The fourth-order valence-corrected chi connectivity index (χ4v) is 2.16. The molecule has 0 amide bonds. The molecular weight excluding hydrogens is 225 g/mol. The van der Waals surface area contributed by atoms with Crippen LogP contribution in [0.5, 0.6) is 0 Å². The lowest BCUT2D eigenvalue weighted by Gasteiger charge is -2.35. The van der Waals surface area contributed by atoms with Crippen molar-refractivity contribution in [1.29, 1.82) is 0 Å². The minimum atomic E-state index is -4.21. The van der Waals surface area contributed by atoms with E-state index in [1.54, 1.807) is 0 Å². The molecule has 0 spiro atoms. The van der Waals surface area contributed by atoms with Gasteiger partial charge in [-0.2, -0.15) is 13.2 Å². The molecule has 1 fully saturated rings. The van der Waals surface area contributed by atoms with Gasteiger partial charge in [-0.15, -0.1) is 0 Å². The number of hydrogen-bond donors (Lipinski definition) is 2. The molecule has 0 heterocycles. The van der Waals surface area contributed by atoms with Crippen LogP contribution in [0, 0.1) is 11.8 Å². The number of hydrogen-bond acceptors (Lipinski definition) is 2. The Labute approximate surface area is 91.3 Å². The molecule has 0 aromatic rings. The van der Waals surface area contributed by atoms with E-state index in [2.05, 4.69) is 0 Å². The topological polar surface area (TPSA) is 57.5 Å². The SMILES string of the molecule is CC(O)(C(=O)O)C1CCC(C(F)(F)F)CC1. The maximum atomic E-state index is 12.3. The van der Waals surface area contributed by atoms with Crippen molar-refractivity contribution in [3.8, 4) is 0 Å². The normalized spacial score (nSPS) is 30.8. The fourth-order valence-electron chi connectivity index (χ4n) is 2.16. The Morgan fingerprint density at radius 3 is 1.81 bits per heavy atom. The highest BCUT2D eigenvalue weighted by Gasteiger charge is 2.46. The molecule has 16 heavy (non-hydrogen) atoms. The summed E-state index contributed by atoms with van der Waals surface area (Å²) in [6.07, 6.45) is -4.21. The molecule has 0 aliphatic heterocycles. The van der Waals surface area contributed by atoms with E-state index in [1.165, 1.54) is 0 Å². The Balaban J connectivity index is 2.59. The first-order chi connectivity index (χ1) is 7.15. The Kier molecular flexibility index (Phi) is 3.52. The third kappa shape index (κ3) is 2.66. The molecule has 1 saturated carbocycles. The number of carbonyl (C=O) groups is 1. The van der Waals surface area contributed by atoms with E-state index >= 15 is 0 Å². The summed E-state index contributed by atoms with van der Waals surface area (Å²) in [5.41, 5.74) is -1.92. The van der Waals surface area contributed by atoms with Crippen LogP contribution in [-0.4, -0.2) is 28.0 Å². The molecule has 0 bridgehead atoms. The average Bonchev–Trinajstić information content (AvgIpc) is 2.16. The first-order valence-electron chi connectivity index (χ1n) is 5.18.